The molecule has 0 spiro atoms. The molecule has 144 valence electrons. The molecule has 28 heavy (non-hydrogen) atoms. The molecule has 5 heteroatoms. The van der Waals surface area contributed by atoms with Gasteiger partial charge >= 0.3 is 0 Å². The van der Waals surface area contributed by atoms with Crippen molar-refractivity contribution in [2.24, 2.45) is 5.92 Å². The van der Waals surface area contributed by atoms with Crippen LogP contribution in [0.1, 0.15) is 18.4 Å². The highest BCUT2D eigenvalue weighted by Gasteiger charge is 2.25. The molecule has 3 nitrogen and oxygen atoms in total. The van der Waals surface area contributed by atoms with Crippen molar-refractivity contribution in [3.05, 3.63) is 77.1 Å². The van der Waals surface area contributed by atoms with Crippen LogP contribution in [-0.4, -0.2) is 23.9 Å². The highest BCUT2D eigenvalue weighted by molar-refractivity contribution is 6.30. The Bertz CT molecular complexity index is 994. The lowest BCUT2D eigenvalue weighted by molar-refractivity contribution is -0.121. The Hall–Kier alpha value is -2.43. The molecule has 1 N–H and O–H groups in total. The van der Waals surface area contributed by atoms with Gasteiger partial charge in [-0.25, -0.2) is 4.39 Å². The number of carbonyl (C=O) groups is 1. The standard InChI is InChI=1S/C23H22ClFN2O/c24-19-9-8-18(21(25)14-19)15-27-12-10-17(11-13-27)23(28)26-22-7-3-5-16-4-1-2-6-20(16)22/h1-9,14,17H,10-13,15H2,(H,26,28). The third-order valence-corrected chi connectivity index (χ3v) is 5.65. The average Bonchev–Trinajstić information content (AvgIpc) is 2.71. The molecular weight excluding hydrogens is 375 g/mol. The van der Waals surface area contributed by atoms with Gasteiger partial charge in [0, 0.05) is 34.1 Å². The molecule has 0 aromatic heterocycles. The molecule has 3 aromatic rings. The summed E-state index contributed by atoms with van der Waals surface area (Å²) in [6, 6.07) is 18.8. The van der Waals surface area contributed by atoms with E-state index in [0.29, 0.717) is 17.1 Å². The first kappa shape index (κ1) is 18.9. The monoisotopic (exact) mass is 396 g/mol. The van der Waals surface area contributed by atoms with E-state index in [1.807, 2.05) is 42.5 Å². The van der Waals surface area contributed by atoms with Crippen LogP contribution in [-0.2, 0) is 11.3 Å². The molecule has 0 unspecified atom stereocenters. The summed E-state index contributed by atoms with van der Waals surface area (Å²) in [6.07, 6.45) is 1.54. The van der Waals surface area contributed by atoms with Crippen LogP contribution in [0.4, 0.5) is 10.1 Å². The van der Waals surface area contributed by atoms with Gasteiger partial charge < -0.3 is 5.32 Å². The fourth-order valence-corrected chi connectivity index (χ4v) is 3.97. The zero-order valence-corrected chi connectivity index (χ0v) is 16.3. The molecule has 3 aromatic carbocycles. The maximum Gasteiger partial charge on any atom is 0.227 e. The number of benzene rings is 3. The summed E-state index contributed by atoms with van der Waals surface area (Å²) >= 11 is 5.82. The lowest BCUT2D eigenvalue weighted by Gasteiger charge is -2.31. The second kappa shape index (κ2) is 8.29. The Balaban J connectivity index is 1.36. The predicted octanol–water partition coefficient (Wildman–Crippen LogP) is 5.48. The van der Waals surface area contributed by atoms with E-state index in [1.54, 1.807) is 12.1 Å². The van der Waals surface area contributed by atoms with Crippen LogP contribution in [0.3, 0.4) is 0 Å². The average molecular weight is 397 g/mol. The van der Waals surface area contributed by atoms with Crippen LogP contribution >= 0.6 is 11.6 Å². The Morgan fingerprint density at radius 1 is 1.07 bits per heavy atom. The minimum Gasteiger partial charge on any atom is -0.325 e. The van der Waals surface area contributed by atoms with E-state index in [1.165, 1.54) is 6.07 Å². The van der Waals surface area contributed by atoms with Crippen molar-refractivity contribution in [2.45, 2.75) is 19.4 Å². The van der Waals surface area contributed by atoms with E-state index >= 15 is 0 Å². The maximum absolute atomic E-state index is 14.0. The first-order valence-electron chi connectivity index (χ1n) is 9.55. The molecule has 0 saturated carbocycles. The van der Waals surface area contributed by atoms with Gasteiger partial charge in [-0.15, -0.1) is 0 Å². The topological polar surface area (TPSA) is 32.3 Å². The first-order valence-corrected chi connectivity index (χ1v) is 9.93. The number of nitrogens with zero attached hydrogens (tertiary/aromatic N) is 1. The number of likely N-dealkylation sites (tertiary alicyclic amines) is 1. The zero-order chi connectivity index (χ0) is 19.5. The number of carbonyl (C=O) groups excluding carboxylic acids is 1. The predicted molar refractivity (Wildman–Crippen MR) is 112 cm³/mol. The first-order chi connectivity index (χ1) is 13.6. The Labute approximate surface area is 169 Å². The van der Waals surface area contributed by atoms with Gasteiger partial charge in [0.25, 0.3) is 0 Å². The van der Waals surface area contributed by atoms with Crippen LogP contribution < -0.4 is 5.32 Å². The quantitative estimate of drug-likeness (QED) is 0.633. The van der Waals surface area contributed by atoms with Crippen molar-refractivity contribution in [3.63, 3.8) is 0 Å². The van der Waals surface area contributed by atoms with Gasteiger partial charge in [-0.1, -0.05) is 54.1 Å². The van der Waals surface area contributed by atoms with Crippen molar-refractivity contribution >= 4 is 34.0 Å². The van der Waals surface area contributed by atoms with Gasteiger partial charge in [0.05, 0.1) is 0 Å². The molecule has 4 rings (SSSR count). The second-order valence-electron chi connectivity index (χ2n) is 7.30. The van der Waals surface area contributed by atoms with Crippen LogP contribution in [0, 0.1) is 11.7 Å². The summed E-state index contributed by atoms with van der Waals surface area (Å²) in [5.41, 5.74) is 1.50. The van der Waals surface area contributed by atoms with Crippen molar-refractivity contribution in [3.8, 4) is 0 Å². The van der Waals surface area contributed by atoms with Gasteiger partial charge in [0.1, 0.15) is 5.82 Å². The number of rotatable bonds is 4. The van der Waals surface area contributed by atoms with Crippen LogP contribution in [0.25, 0.3) is 10.8 Å². The number of fused-ring (bicyclic) bond motifs is 1. The third-order valence-electron chi connectivity index (χ3n) is 5.41. The van der Waals surface area contributed by atoms with Crippen molar-refractivity contribution in [2.75, 3.05) is 18.4 Å². The minimum atomic E-state index is -0.275. The molecule has 1 saturated heterocycles. The molecular formula is C23H22ClFN2O. The Morgan fingerprint density at radius 2 is 1.82 bits per heavy atom. The number of piperidine rings is 1. The van der Waals surface area contributed by atoms with Gasteiger partial charge in [0.2, 0.25) is 5.91 Å². The SMILES string of the molecule is O=C(Nc1cccc2ccccc12)C1CCN(Cc2ccc(Cl)cc2F)CC1. The highest BCUT2D eigenvalue weighted by Crippen LogP contribution is 2.26. The van der Waals surface area contributed by atoms with Gasteiger partial charge in [-0.2, -0.15) is 0 Å². The number of hydrogen-bond acceptors (Lipinski definition) is 2. The van der Waals surface area contributed by atoms with Crippen molar-refractivity contribution < 1.29 is 9.18 Å². The molecule has 1 fully saturated rings. The number of amides is 1. The molecule has 1 aliphatic rings. The van der Waals surface area contributed by atoms with Crippen LogP contribution in [0.2, 0.25) is 5.02 Å². The second-order valence-corrected chi connectivity index (χ2v) is 7.74. The normalized spacial score (nSPS) is 15.6. The molecule has 0 radical (unpaired) electrons. The van der Waals surface area contributed by atoms with E-state index in [4.69, 9.17) is 11.6 Å². The van der Waals surface area contributed by atoms with E-state index in [0.717, 1.165) is 42.4 Å². The van der Waals surface area contributed by atoms with E-state index in [9.17, 15) is 9.18 Å². The number of nitrogens with one attached hydrogen (secondary N) is 1. The smallest absolute Gasteiger partial charge is 0.227 e. The van der Waals surface area contributed by atoms with Gasteiger partial charge in [-0.3, -0.25) is 9.69 Å². The Kier molecular flexibility index (Phi) is 5.60. The lowest BCUT2D eigenvalue weighted by Crippen LogP contribution is -2.37. The van der Waals surface area contributed by atoms with Crippen LogP contribution in [0.5, 0.6) is 0 Å². The van der Waals surface area contributed by atoms with Gasteiger partial charge in [0.15, 0.2) is 0 Å². The molecule has 0 atom stereocenters. The van der Waals surface area contributed by atoms with E-state index in [-0.39, 0.29) is 17.6 Å². The molecule has 1 aliphatic heterocycles. The molecule has 0 bridgehead atoms. The third kappa shape index (κ3) is 4.18. The summed E-state index contributed by atoms with van der Waals surface area (Å²) in [5.74, 6) is -0.234. The van der Waals surface area contributed by atoms with Crippen LogP contribution in [0.15, 0.2) is 60.7 Å². The number of hydrogen-bond donors (Lipinski definition) is 1. The van der Waals surface area contributed by atoms with E-state index < -0.39 is 0 Å². The van der Waals surface area contributed by atoms with Crippen molar-refractivity contribution in [1.82, 2.24) is 4.90 Å². The van der Waals surface area contributed by atoms with Gasteiger partial charge in [-0.05, 0) is 49.5 Å². The fraction of sp³-hybridized carbons (Fsp3) is 0.261. The fourth-order valence-electron chi connectivity index (χ4n) is 3.81. The van der Waals surface area contributed by atoms with Crippen molar-refractivity contribution in [1.29, 1.82) is 0 Å². The number of halogens is 2. The highest BCUT2D eigenvalue weighted by atomic mass is 35.5. The molecule has 1 heterocycles. The molecule has 1 amide bonds. The minimum absolute atomic E-state index is 0.0229. The summed E-state index contributed by atoms with van der Waals surface area (Å²) < 4.78 is 14.0. The largest absolute Gasteiger partial charge is 0.325 e. The summed E-state index contributed by atoms with van der Waals surface area (Å²) in [4.78, 5) is 15.0. The molecule has 0 aliphatic carbocycles. The summed E-state index contributed by atoms with van der Waals surface area (Å²) in [6.45, 7) is 2.09. The number of anilines is 1. The maximum atomic E-state index is 14.0. The van der Waals surface area contributed by atoms with E-state index in [2.05, 4.69) is 10.2 Å². The summed E-state index contributed by atoms with van der Waals surface area (Å²) in [7, 11) is 0. The summed E-state index contributed by atoms with van der Waals surface area (Å²) in [5, 5.41) is 5.67. The zero-order valence-electron chi connectivity index (χ0n) is 15.5. The Morgan fingerprint density at radius 3 is 2.61 bits per heavy atom. The lowest BCUT2D eigenvalue weighted by atomic mass is 9.95.